The number of benzene rings is 3. The average Bonchev–Trinajstić information content (AvgIpc) is 2.85. The Labute approximate surface area is 205 Å². The van der Waals surface area contributed by atoms with Crippen molar-refractivity contribution in [1.29, 1.82) is 0 Å². The van der Waals surface area contributed by atoms with Gasteiger partial charge in [-0.3, -0.25) is 4.79 Å². The fraction of sp³-hybridized carbons (Fsp3) is 0.154. The molecule has 1 aromatic heterocycles. The van der Waals surface area contributed by atoms with E-state index in [-0.39, 0.29) is 24.5 Å². The first kappa shape index (κ1) is 22.7. The van der Waals surface area contributed by atoms with Gasteiger partial charge in [0.25, 0.3) is 5.56 Å². The molecule has 0 saturated carbocycles. The van der Waals surface area contributed by atoms with Gasteiger partial charge in [-0.05, 0) is 54.1 Å². The second kappa shape index (κ2) is 9.68. The van der Waals surface area contributed by atoms with Crippen LogP contribution in [0.3, 0.4) is 0 Å². The zero-order valence-electron chi connectivity index (χ0n) is 18.5. The highest BCUT2D eigenvalue weighted by atomic mass is 35.5. The zero-order valence-corrected chi connectivity index (χ0v) is 19.3. The number of anilines is 1. The Hall–Kier alpha value is -4.04. The highest BCUT2D eigenvalue weighted by Crippen LogP contribution is 2.33. The number of aromatic nitrogens is 1. The fourth-order valence-corrected chi connectivity index (χ4v) is 3.98. The molecule has 0 saturated heterocycles. The maximum Gasteiger partial charge on any atom is 0.322 e. The lowest BCUT2D eigenvalue weighted by Gasteiger charge is -2.24. The van der Waals surface area contributed by atoms with Gasteiger partial charge >= 0.3 is 6.03 Å². The summed E-state index contributed by atoms with van der Waals surface area (Å²) >= 11 is 5.94. The molecule has 2 amide bonds. The van der Waals surface area contributed by atoms with Crippen molar-refractivity contribution in [3.05, 3.63) is 99.1 Å². The lowest BCUT2D eigenvalue weighted by Crippen LogP contribution is -2.35. The summed E-state index contributed by atoms with van der Waals surface area (Å²) < 4.78 is 24.6. The Morgan fingerprint density at radius 3 is 2.37 bits per heavy atom. The molecule has 5 rings (SSSR count). The molecule has 0 bridgehead atoms. The first-order valence-electron chi connectivity index (χ1n) is 11.0. The van der Waals surface area contributed by atoms with E-state index in [1.54, 1.807) is 54.6 Å². The molecular formula is C26H21ClFN3O4. The van der Waals surface area contributed by atoms with Crippen molar-refractivity contribution in [3.8, 4) is 11.5 Å². The van der Waals surface area contributed by atoms with Crippen molar-refractivity contribution < 1.29 is 18.7 Å². The number of H-pyrrole nitrogens is 1. The molecule has 178 valence electrons. The van der Waals surface area contributed by atoms with Crippen LogP contribution in [0.5, 0.6) is 11.5 Å². The summed E-state index contributed by atoms with van der Waals surface area (Å²) in [4.78, 5) is 30.4. The number of urea groups is 1. The Kier molecular flexibility index (Phi) is 6.29. The summed E-state index contributed by atoms with van der Waals surface area (Å²) in [5, 5.41) is 4.12. The number of amides is 2. The minimum absolute atomic E-state index is 0.0243. The summed E-state index contributed by atoms with van der Waals surface area (Å²) in [6.45, 7) is 1.09. The molecule has 0 unspecified atom stereocenters. The molecule has 0 spiro atoms. The summed E-state index contributed by atoms with van der Waals surface area (Å²) in [6.07, 6.45) is 0. The smallest absolute Gasteiger partial charge is 0.322 e. The average molecular weight is 494 g/mol. The van der Waals surface area contributed by atoms with Crippen LogP contribution in [-0.4, -0.2) is 29.1 Å². The first-order valence-corrected chi connectivity index (χ1v) is 11.3. The number of rotatable bonds is 5. The molecule has 2 N–H and O–H groups in total. The van der Waals surface area contributed by atoms with Crippen LogP contribution in [0.1, 0.15) is 11.1 Å². The number of pyridine rings is 1. The van der Waals surface area contributed by atoms with E-state index >= 15 is 0 Å². The van der Waals surface area contributed by atoms with Crippen LogP contribution < -0.4 is 20.3 Å². The normalized spacial score (nSPS) is 12.4. The topological polar surface area (TPSA) is 83.7 Å². The third-order valence-corrected chi connectivity index (χ3v) is 5.87. The molecular weight excluding hydrogens is 473 g/mol. The predicted octanol–water partition coefficient (Wildman–Crippen LogP) is 5.33. The number of carbonyl (C=O) groups is 1. The SMILES string of the molecule is O=C(Nc1ccc(Cl)cc1)N(Cc1ccc(F)cc1)Cc1cc2cc3c(cc2[nH]c1=O)OCCO3. The third-order valence-electron chi connectivity index (χ3n) is 5.61. The molecule has 3 aromatic carbocycles. The second-order valence-electron chi connectivity index (χ2n) is 8.13. The van der Waals surface area contributed by atoms with Crippen LogP contribution in [0.25, 0.3) is 10.9 Å². The van der Waals surface area contributed by atoms with Gasteiger partial charge < -0.3 is 24.7 Å². The van der Waals surface area contributed by atoms with E-state index in [1.807, 2.05) is 0 Å². The maximum atomic E-state index is 13.4. The number of hydrogen-bond acceptors (Lipinski definition) is 4. The lowest BCUT2D eigenvalue weighted by molar-refractivity contribution is 0.172. The molecule has 0 fully saturated rings. The van der Waals surface area contributed by atoms with E-state index in [9.17, 15) is 14.0 Å². The quantitative estimate of drug-likeness (QED) is 0.394. The van der Waals surface area contributed by atoms with Crippen molar-refractivity contribution in [2.24, 2.45) is 0 Å². The molecule has 9 heteroatoms. The fourth-order valence-electron chi connectivity index (χ4n) is 3.86. The molecule has 0 atom stereocenters. The molecule has 1 aliphatic heterocycles. The molecule has 0 aliphatic carbocycles. The number of ether oxygens (including phenoxy) is 2. The van der Waals surface area contributed by atoms with E-state index in [0.717, 1.165) is 10.9 Å². The van der Waals surface area contributed by atoms with Crippen molar-refractivity contribution >= 4 is 34.2 Å². The number of nitrogens with one attached hydrogen (secondary N) is 2. The van der Waals surface area contributed by atoms with E-state index in [4.69, 9.17) is 21.1 Å². The molecule has 35 heavy (non-hydrogen) atoms. The van der Waals surface area contributed by atoms with Gasteiger partial charge in [-0.25, -0.2) is 9.18 Å². The number of fused-ring (bicyclic) bond motifs is 2. The van der Waals surface area contributed by atoms with Crippen LogP contribution in [0.15, 0.2) is 71.5 Å². The predicted molar refractivity (Wildman–Crippen MR) is 132 cm³/mol. The van der Waals surface area contributed by atoms with Crippen LogP contribution in [0, 0.1) is 5.82 Å². The lowest BCUT2D eigenvalue weighted by atomic mass is 10.1. The molecule has 4 aromatic rings. The summed E-state index contributed by atoms with van der Waals surface area (Å²) in [6, 6.07) is 17.4. The Balaban J connectivity index is 1.46. The highest BCUT2D eigenvalue weighted by Gasteiger charge is 2.19. The first-order chi connectivity index (χ1) is 16.9. The van der Waals surface area contributed by atoms with Gasteiger partial charge in [0.15, 0.2) is 11.5 Å². The largest absolute Gasteiger partial charge is 0.486 e. The van der Waals surface area contributed by atoms with Crippen LogP contribution >= 0.6 is 11.6 Å². The monoisotopic (exact) mass is 493 g/mol. The summed E-state index contributed by atoms with van der Waals surface area (Å²) in [5.74, 6) is 0.809. The number of hydrogen-bond donors (Lipinski definition) is 2. The zero-order chi connectivity index (χ0) is 24.4. The Bertz CT molecular complexity index is 1440. The number of halogens is 2. The van der Waals surface area contributed by atoms with Crippen molar-refractivity contribution in [2.75, 3.05) is 18.5 Å². The molecule has 7 nitrogen and oxygen atoms in total. The number of aromatic amines is 1. The second-order valence-corrected chi connectivity index (χ2v) is 8.56. The minimum atomic E-state index is -0.418. The van der Waals surface area contributed by atoms with Crippen molar-refractivity contribution in [3.63, 3.8) is 0 Å². The number of carbonyl (C=O) groups excluding carboxylic acids is 1. The van der Waals surface area contributed by atoms with Crippen LogP contribution in [-0.2, 0) is 13.1 Å². The Morgan fingerprint density at radius 2 is 1.66 bits per heavy atom. The van der Waals surface area contributed by atoms with Gasteiger partial charge in [0.05, 0.1) is 12.1 Å². The van der Waals surface area contributed by atoms with Crippen LogP contribution in [0.2, 0.25) is 5.02 Å². The maximum absolute atomic E-state index is 13.4. The molecule has 2 heterocycles. The van der Waals surface area contributed by atoms with Gasteiger partial charge in [-0.2, -0.15) is 0 Å². The Morgan fingerprint density at radius 1 is 0.971 bits per heavy atom. The van der Waals surface area contributed by atoms with Crippen molar-refractivity contribution in [2.45, 2.75) is 13.1 Å². The van der Waals surface area contributed by atoms with E-state index in [2.05, 4.69) is 10.3 Å². The summed E-state index contributed by atoms with van der Waals surface area (Å²) in [7, 11) is 0. The van der Waals surface area contributed by atoms with E-state index in [0.29, 0.717) is 46.5 Å². The minimum Gasteiger partial charge on any atom is -0.486 e. The van der Waals surface area contributed by atoms with Gasteiger partial charge in [0.1, 0.15) is 19.0 Å². The number of nitrogens with zero attached hydrogens (tertiary/aromatic N) is 1. The van der Waals surface area contributed by atoms with Gasteiger partial charge in [0.2, 0.25) is 0 Å². The third kappa shape index (κ3) is 5.22. The highest BCUT2D eigenvalue weighted by molar-refractivity contribution is 6.30. The van der Waals surface area contributed by atoms with E-state index < -0.39 is 6.03 Å². The van der Waals surface area contributed by atoms with Crippen LogP contribution in [0.4, 0.5) is 14.9 Å². The molecule has 1 aliphatic rings. The standard InChI is InChI=1S/C26H21ClFN3O4/c27-19-3-7-21(8-4-19)29-26(33)31(14-16-1-5-20(28)6-2-16)15-18-11-17-12-23-24(35-10-9-34-23)13-22(17)30-25(18)32/h1-8,11-13H,9-10,14-15H2,(H,29,33)(H,30,32). The van der Waals surface area contributed by atoms with Gasteiger partial charge in [-0.1, -0.05) is 23.7 Å². The van der Waals surface area contributed by atoms with Crippen molar-refractivity contribution in [1.82, 2.24) is 9.88 Å². The van der Waals surface area contributed by atoms with E-state index in [1.165, 1.54) is 17.0 Å². The molecule has 0 radical (unpaired) electrons. The van der Waals surface area contributed by atoms with Gasteiger partial charge in [0, 0.05) is 34.3 Å². The van der Waals surface area contributed by atoms with Gasteiger partial charge in [-0.15, -0.1) is 0 Å². The summed E-state index contributed by atoms with van der Waals surface area (Å²) in [5.41, 5.74) is 1.95.